The second-order valence-corrected chi connectivity index (χ2v) is 10.1. The molecule has 5 aromatic carbocycles. The molecule has 0 amide bonds. The third-order valence-corrected chi connectivity index (χ3v) is 8.09. The molecule has 0 spiro atoms. The first-order valence-electron chi connectivity index (χ1n) is 11.4. The Morgan fingerprint density at radius 1 is 0.676 bits per heavy atom. The normalized spacial score (nSPS) is 11.2. The summed E-state index contributed by atoms with van der Waals surface area (Å²) in [6.45, 7) is 3.15. The van der Waals surface area contributed by atoms with Crippen LogP contribution in [0.4, 0.5) is 0 Å². The van der Waals surface area contributed by atoms with Crippen LogP contribution in [0.15, 0.2) is 140 Å². The average molecular weight is 503 g/mol. The van der Waals surface area contributed by atoms with E-state index in [1.807, 2.05) is 30.3 Å². The fourth-order valence-corrected chi connectivity index (χ4v) is 6.43. The molecule has 0 aliphatic carbocycles. The molecule has 5 rings (SSSR count). The molecule has 0 aliphatic rings. The molecule has 1 atom stereocenters. The van der Waals surface area contributed by atoms with E-state index in [4.69, 9.17) is 0 Å². The summed E-state index contributed by atoms with van der Waals surface area (Å²) in [6, 6.07) is 49.5. The molecule has 1 N–H and O–H groups in total. The van der Waals surface area contributed by atoms with Crippen molar-refractivity contribution >= 4 is 23.8 Å². The minimum absolute atomic E-state index is 0. The summed E-state index contributed by atoms with van der Waals surface area (Å²) < 4.78 is 0. The standard InChI is InChI=1S/C26H25NP.C5H5.Fe/c1-21(27-20-22-12-5-2-6-13-22)25-18-11-19-26(25)28(23-14-7-3-8-15-23)24-16-9-4-10-17-24;1-2-4-5-3-1;/h2-19,21,27H,20H2,1H3;1-5H;/q-1;-5;/t21-;;/m1../s1. The summed E-state index contributed by atoms with van der Waals surface area (Å²) in [5.41, 5.74) is 2.71. The summed E-state index contributed by atoms with van der Waals surface area (Å²) in [5.74, 6) is 0. The van der Waals surface area contributed by atoms with Crippen LogP contribution < -0.4 is 21.2 Å². The Bertz CT molecular complexity index is 1110. The van der Waals surface area contributed by atoms with Crippen molar-refractivity contribution in [1.82, 2.24) is 5.32 Å². The van der Waals surface area contributed by atoms with Crippen molar-refractivity contribution in [2.24, 2.45) is 0 Å². The largest absolute Gasteiger partial charge is 0.748 e. The minimum Gasteiger partial charge on any atom is -0.748 e. The Labute approximate surface area is 215 Å². The van der Waals surface area contributed by atoms with Gasteiger partial charge in [0.05, 0.1) is 0 Å². The van der Waals surface area contributed by atoms with Crippen molar-refractivity contribution in [3.63, 3.8) is 0 Å². The minimum atomic E-state index is -0.567. The number of benzene rings is 3. The Hall–Kier alpha value is -2.73. The predicted octanol–water partition coefficient (Wildman–Crippen LogP) is 6.42. The topological polar surface area (TPSA) is 12.0 Å². The summed E-state index contributed by atoms with van der Waals surface area (Å²) in [7, 11) is -0.567. The zero-order valence-corrected chi connectivity index (χ0v) is 21.4. The van der Waals surface area contributed by atoms with Gasteiger partial charge in [-0.05, 0) is 30.1 Å². The third kappa shape index (κ3) is 7.13. The van der Waals surface area contributed by atoms with Crippen LogP contribution in [-0.4, -0.2) is 0 Å². The molecule has 34 heavy (non-hydrogen) atoms. The zero-order chi connectivity index (χ0) is 22.7. The predicted molar refractivity (Wildman–Crippen MR) is 144 cm³/mol. The average Bonchev–Trinajstić information content (AvgIpc) is 3.61. The maximum Gasteiger partial charge on any atom is 0.0200 e. The van der Waals surface area contributed by atoms with E-state index in [1.54, 1.807) is 0 Å². The van der Waals surface area contributed by atoms with Crippen LogP contribution in [0.2, 0.25) is 0 Å². The van der Waals surface area contributed by atoms with Crippen LogP contribution in [0.1, 0.15) is 24.1 Å². The smallest absolute Gasteiger partial charge is 0.0200 e. The molecular weight excluding hydrogens is 473 g/mol. The number of nitrogens with one attached hydrogen (secondary N) is 1. The summed E-state index contributed by atoms with van der Waals surface area (Å²) >= 11 is 0. The number of rotatable bonds is 7. The van der Waals surface area contributed by atoms with E-state index >= 15 is 0 Å². The van der Waals surface area contributed by atoms with E-state index in [0.717, 1.165) is 6.54 Å². The fraction of sp³-hybridized carbons (Fsp3) is 0.0968. The van der Waals surface area contributed by atoms with E-state index in [9.17, 15) is 0 Å². The SMILES string of the molecule is C[C@@H](NCc1ccccc1)[c-]1cccc1P(c1ccccc1)c1ccccc1.[Fe].[cH-]1[cH-][cH-][cH-][cH-]1. The molecule has 0 radical (unpaired) electrons. The molecule has 178 valence electrons. The quantitative estimate of drug-likeness (QED) is 0.154. The maximum atomic E-state index is 3.71. The molecule has 0 saturated carbocycles. The van der Waals surface area contributed by atoms with Gasteiger partial charge in [0.1, 0.15) is 0 Å². The van der Waals surface area contributed by atoms with Gasteiger partial charge in [-0.2, -0.15) is 6.07 Å². The van der Waals surface area contributed by atoms with Crippen LogP contribution >= 0.6 is 7.92 Å². The first-order chi connectivity index (χ1) is 16.3. The first kappa shape index (κ1) is 25.9. The number of hydrogen-bond donors (Lipinski definition) is 1. The summed E-state index contributed by atoms with van der Waals surface area (Å²) in [6.07, 6.45) is 0. The van der Waals surface area contributed by atoms with Crippen molar-refractivity contribution in [2.75, 3.05) is 0 Å². The van der Waals surface area contributed by atoms with Crippen LogP contribution in [0.3, 0.4) is 0 Å². The van der Waals surface area contributed by atoms with Gasteiger partial charge in [-0.25, -0.2) is 12.1 Å². The van der Waals surface area contributed by atoms with Gasteiger partial charge in [-0.15, -0.1) is 10.9 Å². The van der Waals surface area contributed by atoms with E-state index in [2.05, 4.69) is 121 Å². The van der Waals surface area contributed by atoms with Crippen molar-refractivity contribution in [3.8, 4) is 0 Å². The van der Waals surface area contributed by atoms with E-state index in [0.29, 0.717) is 6.04 Å². The molecule has 0 bridgehead atoms. The molecule has 0 heterocycles. The van der Waals surface area contributed by atoms with Crippen molar-refractivity contribution in [1.29, 1.82) is 0 Å². The molecule has 0 aliphatic heterocycles. The van der Waals surface area contributed by atoms with Crippen molar-refractivity contribution in [2.45, 2.75) is 19.5 Å². The Balaban J connectivity index is 0.000000481. The van der Waals surface area contributed by atoms with Crippen molar-refractivity contribution < 1.29 is 17.1 Å². The van der Waals surface area contributed by atoms with Crippen LogP contribution in [-0.2, 0) is 23.6 Å². The van der Waals surface area contributed by atoms with E-state index in [1.165, 1.54) is 27.0 Å². The second kappa shape index (κ2) is 13.9. The van der Waals surface area contributed by atoms with Gasteiger partial charge < -0.3 is 35.6 Å². The van der Waals surface area contributed by atoms with Crippen LogP contribution in [0.25, 0.3) is 0 Å². The molecule has 0 unspecified atom stereocenters. The maximum absolute atomic E-state index is 3.71. The second-order valence-electron chi connectivity index (χ2n) is 7.92. The van der Waals surface area contributed by atoms with Gasteiger partial charge >= 0.3 is 0 Å². The van der Waals surface area contributed by atoms with E-state index in [-0.39, 0.29) is 17.1 Å². The van der Waals surface area contributed by atoms with Gasteiger partial charge in [-0.3, -0.25) is 0 Å². The van der Waals surface area contributed by atoms with Gasteiger partial charge in [0.25, 0.3) is 0 Å². The van der Waals surface area contributed by atoms with Crippen LogP contribution in [0, 0.1) is 0 Å². The van der Waals surface area contributed by atoms with E-state index < -0.39 is 7.92 Å². The molecule has 0 saturated heterocycles. The molecule has 3 heteroatoms. The van der Waals surface area contributed by atoms with Gasteiger partial charge in [0, 0.05) is 23.6 Å². The number of hydrogen-bond acceptors (Lipinski definition) is 1. The Kier molecular flexibility index (Phi) is 10.5. The zero-order valence-electron chi connectivity index (χ0n) is 19.4. The van der Waals surface area contributed by atoms with Crippen LogP contribution in [0.5, 0.6) is 0 Å². The van der Waals surface area contributed by atoms with Gasteiger partial charge in [0.2, 0.25) is 0 Å². The van der Waals surface area contributed by atoms with Gasteiger partial charge in [0.15, 0.2) is 0 Å². The monoisotopic (exact) mass is 503 g/mol. The first-order valence-corrected chi connectivity index (χ1v) is 12.8. The molecular formula is C31H30FeNP-6. The molecule has 5 aromatic rings. The summed E-state index contributed by atoms with van der Waals surface area (Å²) in [5, 5.41) is 7.94. The van der Waals surface area contributed by atoms with Crippen molar-refractivity contribution in [3.05, 3.63) is 151 Å². The third-order valence-electron chi connectivity index (χ3n) is 5.57. The fourth-order valence-electron chi connectivity index (χ4n) is 3.87. The molecule has 0 aromatic heterocycles. The Morgan fingerprint density at radius 2 is 1.15 bits per heavy atom. The molecule has 1 nitrogen and oxygen atoms in total. The summed E-state index contributed by atoms with van der Waals surface area (Å²) in [4.78, 5) is 0. The molecule has 0 fully saturated rings. The van der Waals surface area contributed by atoms with Gasteiger partial charge in [-0.1, -0.05) is 97.9 Å². The Morgan fingerprint density at radius 3 is 1.65 bits per heavy atom.